The zero-order valence-corrected chi connectivity index (χ0v) is 72.5. The molecule has 22 heteroatoms. The van der Waals surface area contributed by atoms with Crippen molar-refractivity contribution in [1.29, 1.82) is 0 Å². The number of hydrogen-bond acceptors (Lipinski definition) is 19. The Hall–Kier alpha value is -12.0. The van der Waals surface area contributed by atoms with E-state index in [0.29, 0.717) is 93.2 Å². The van der Waals surface area contributed by atoms with E-state index in [9.17, 15) is 29.7 Å². The molecule has 16 rings (SSSR count). The zero-order chi connectivity index (χ0) is 87.2. The maximum Gasteiger partial charge on any atom is 0.339 e. The Morgan fingerprint density at radius 3 is 1.10 bits per heavy atom. The molecule has 0 radical (unpaired) electrons. The van der Waals surface area contributed by atoms with E-state index >= 15 is 0 Å². The normalized spacial score (nSPS) is 14.7. The van der Waals surface area contributed by atoms with Crippen LogP contribution in [0.3, 0.4) is 0 Å². The molecule has 6 aliphatic rings. The fourth-order valence-corrected chi connectivity index (χ4v) is 15.8. The lowest BCUT2D eigenvalue weighted by Crippen LogP contribution is -2.37. The number of allylic oxidation sites excluding steroid dienone is 2. The van der Waals surface area contributed by atoms with Gasteiger partial charge in [0.15, 0.2) is 0 Å². The van der Waals surface area contributed by atoms with Gasteiger partial charge in [-0.15, -0.1) is 0 Å². The van der Waals surface area contributed by atoms with E-state index in [1.165, 1.54) is 17.2 Å². The summed E-state index contributed by atoms with van der Waals surface area (Å²) in [5.74, 6) is 3.09. The molecule has 2 amide bonds. The topological polar surface area (TPSA) is 232 Å². The first kappa shape index (κ1) is 93.2. The van der Waals surface area contributed by atoms with Crippen LogP contribution in [0.5, 0.6) is 51.7 Å². The van der Waals surface area contributed by atoms with Crippen LogP contribution in [-0.4, -0.2) is 176 Å². The van der Waals surface area contributed by atoms with Gasteiger partial charge in [0, 0.05) is 131 Å². The lowest BCUT2D eigenvalue weighted by molar-refractivity contribution is 0.0357. The monoisotopic (exact) mass is 1710 g/mol. The van der Waals surface area contributed by atoms with Gasteiger partial charge in [0.25, 0.3) is 11.8 Å². The van der Waals surface area contributed by atoms with Gasteiger partial charge in [0.05, 0.1) is 83.7 Å². The van der Waals surface area contributed by atoms with Crippen molar-refractivity contribution >= 4 is 28.9 Å². The molecule has 6 heterocycles. The third-order valence-corrected chi connectivity index (χ3v) is 22.7. The number of phenols is 2. The van der Waals surface area contributed by atoms with Crippen LogP contribution in [0.1, 0.15) is 164 Å². The number of fused-ring (bicyclic) bond motifs is 3. The molecule has 126 heavy (non-hydrogen) atoms. The van der Waals surface area contributed by atoms with Crippen molar-refractivity contribution in [2.75, 3.05) is 118 Å². The maximum atomic E-state index is 14.3. The minimum absolute atomic E-state index is 0. The second-order valence-corrected chi connectivity index (χ2v) is 32.3. The first-order valence-electron chi connectivity index (χ1n) is 43.5. The summed E-state index contributed by atoms with van der Waals surface area (Å²) in [7, 11) is 0. The maximum absolute atomic E-state index is 14.3. The van der Waals surface area contributed by atoms with E-state index in [2.05, 4.69) is 57.4 Å². The van der Waals surface area contributed by atoms with Gasteiger partial charge in [-0.05, 0) is 131 Å². The van der Waals surface area contributed by atoms with Crippen molar-refractivity contribution in [3.63, 3.8) is 0 Å². The van der Waals surface area contributed by atoms with Crippen molar-refractivity contribution in [3.05, 3.63) is 314 Å². The van der Waals surface area contributed by atoms with Crippen LogP contribution in [0, 0.1) is 0 Å². The number of hydrogen-bond donors (Lipinski definition) is 4. The number of nitrogens with zero attached hydrogens (tertiary/aromatic N) is 5. The number of aromatic hydroxyl groups is 2. The molecule has 4 N–H and O–H groups in total. The number of morpholine rings is 3. The average molecular weight is 1710 g/mol. The zero-order valence-electron chi connectivity index (χ0n) is 72.5. The number of carboxylic acids is 1. The van der Waals surface area contributed by atoms with Crippen molar-refractivity contribution in [3.8, 4) is 51.7 Å². The predicted octanol–water partition coefficient (Wildman–Crippen LogP) is 18.2. The number of aromatic carboxylic acids is 1. The van der Waals surface area contributed by atoms with Crippen LogP contribution in [0.15, 0.2) is 225 Å². The van der Waals surface area contributed by atoms with E-state index in [4.69, 9.17) is 47.4 Å². The number of ether oxygens (including phenoxy) is 10. The van der Waals surface area contributed by atoms with Gasteiger partial charge in [-0.2, -0.15) is 0 Å². The summed E-state index contributed by atoms with van der Waals surface area (Å²) in [5.41, 5.74) is 15.4. The van der Waals surface area contributed by atoms with Gasteiger partial charge in [-0.25, -0.2) is 4.79 Å². The van der Waals surface area contributed by atoms with E-state index in [0.717, 1.165) is 216 Å². The molecular formula is C104H122N6O16. The number of nitrogens with one attached hydrogen (secondary N) is 1. The average Bonchev–Trinajstić information content (AvgIpc) is 1.59. The summed E-state index contributed by atoms with van der Waals surface area (Å²) in [6.07, 6.45) is 2.96. The fraction of sp³-hybridized carbons (Fsp3) is 0.356. The quantitative estimate of drug-likeness (QED) is 0.0280. The first-order chi connectivity index (χ1) is 61.0. The summed E-state index contributed by atoms with van der Waals surface area (Å²) in [4.78, 5) is 50.0. The standard InChI is InChI=1S/C39H42N2O5.C25H32N2O5.C24H22O4.C15H22N2O2.CH4/c1-29(2)33-23-34(38(46-28-31-13-7-4-8-14-31)24-37(33)45-27-30-11-5-3-6-12-30)39(42)41-25-32-15-9-16-36(35(32)26-41)44-20-10-17-40-18-21-43-22-19-40;1-17(2)19-13-20(23(29)14-22(19)28)25(30)27-15-18-5-3-6-24(21(18)16-27)32-10-4-7-26-8-11-31-12-9-26;1-17(2)20-13-21(24(25)26)23(28-16-19-11-7-4-8-12-19)14-22(20)27-15-18-9-5-3-6-10-18;1-3-13-11-16-12-14(13)15(4-1)19-8-2-5-17-6-9-18-10-7-17;/h3-9,11-16,23-24H,1,10,17-22,25-28H2,2H3;3,5-6,13-14,17,28-29H,4,7-12,15-16H2,1-2H3;3-14H,1,15-16H2,2H3,(H,25,26);1,3-4,16H,2,5-12H2;1H4. The number of carboxylic acid groups (broad SMARTS) is 1. The molecule has 10 aromatic rings. The summed E-state index contributed by atoms with van der Waals surface area (Å²) in [6, 6.07) is 67.5. The Kier molecular flexibility index (Phi) is 35.0. The number of rotatable bonds is 33. The van der Waals surface area contributed by atoms with Gasteiger partial charge >= 0.3 is 5.97 Å². The molecule has 3 fully saturated rings. The van der Waals surface area contributed by atoms with Crippen LogP contribution in [0.2, 0.25) is 0 Å². The number of benzene rings is 10. The van der Waals surface area contributed by atoms with Gasteiger partial charge in [0.1, 0.15) is 83.7 Å². The highest BCUT2D eigenvalue weighted by atomic mass is 16.5. The Labute approximate surface area is 742 Å². The highest BCUT2D eigenvalue weighted by Gasteiger charge is 2.33. The molecule has 0 spiro atoms. The molecule has 0 atom stereocenters. The molecule has 0 aliphatic carbocycles. The molecular weight excluding hydrogens is 1590 g/mol. The first-order valence-corrected chi connectivity index (χ1v) is 43.5. The highest BCUT2D eigenvalue weighted by molar-refractivity contribution is 5.99. The fourth-order valence-electron chi connectivity index (χ4n) is 15.8. The summed E-state index contributed by atoms with van der Waals surface area (Å²) in [6.45, 7) is 37.0. The Balaban J connectivity index is 0.000000159. The Morgan fingerprint density at radius 1 is 0.381 bits per heavy atom. The molecule has 10 aromatic carbocycles. The lowest BCUT2D eigenvalue weighted by atomic mass is 9.98. The largest absolute Gasteiger partial charge is 0.508 e. The molecule has 0 saturated carbocycles. The molecule has 0 unspecified atom stereocenters. The van der Waals surface area contributed by atoms with Gasteiger partial charge in [-0.1, -0.05) is 192 Å². The molecule has 6 aliphatic heterocycles. The second kappa shape index (κ2) is 47.4. The predicted molar refractivity (Wildman–Crippen MR) is 492 cm³/mol. The smallest absolute Gasteiger partial charge is 0.339 e. The number of phenolic OH excluding ortho intramolecular Hbond substituents is 2. The van der Waals surface area contributed by atoms with Crippen LogP contribution in [0.4, 0.5) is 0 Å². The van der Waals surface area contributed by atoms with Crippen molar-refractivity contribution in [2.45, 2.75) is 126 Å². The molecule has 664 valence electrons. The van der Waals surface area contributed by atoms with Crippen molar-refractivity contribution in [1.82, 2.24) is 29.8 Å². The van der Waals surface area contributed by atoms with E-state index in [1.54, 1.807) is 23.1 Å². The third-order valence-electron chi connectivity index (χ3n) is 22.7. The third kappa shape index (κ3) is 26.3. The van der Waals surface area contributed by atoms with Gasteiger partial charge < -0.3 is 77.8 Å². The summed E-state index contributed by atoms with van der Waals surface area (Å²) < 4.78 is 58.9. The minimum atomic E-state index is -1.06. The van der Waals surface area contributed by atoms with Gasteiger partial charge in [-0.3, -0.25) is 24.3 Å². The van der Waals surface area contributed by atoms with Crippen LogP contribution in [-0.2, 0) is 79.9 Å². The Morgan fingerprint density at radius 2 is 0.730 bits per heavy atom. The SMILES string of the molecule is C.C=C(C)c1cc(C(=O)N2Cc3cccc(OCCCN4CCOCC4)c3C2)c(OCc2ccccc2)cc1OCc1ccccc1.C=C(C)c1cc(C(=O)O)c(OCc2ccccc2)cc1OCc1ccccc1.CC(C)c1cc(C(=O)N2Cc3cccc(OCCCN4CCOCC4)c3C2)c(O)cc1O.c1cc2c(c(OCCCN3CCOCC3)c1)CNC2. The van der Waals surface area contributed by atoms with Crippen LogP contribution >= 0.6 is 0 Å². The van der Waals surface area contributed by atoms with Crippen molar-refractivity contribution in [2.24, 2.45) is 0 Å². The van der Waals surface area contributed by atoms with Crippen molar-refractivity contribution < 1.29 is 77.1 Å². The molecule has 22 nitrogen and oxygen atoms in total. The molecule has 0 aromatic heterocycles. The molecule has 0 bridgehead atoms. The van der Waals surface area contributed by atoms with E-state index in [-0.39, 0.29) is 60.1 Å². The lowest BCUT2D eigenvalue weighted by Gasteiger charge is -2.26. The molecule has 3 saturated heterocycles. The summed E-state index contributed by atoms with van der Waals surface area (Å²) in [5, 5.41) is 33.4. The van der Waals surface area contributed by atoms with Crippen LogP contribution in [0.25, 0.3) is 11.1 Å². The number of carbonyl (C=O) groups is 3. The van der Waals surface area contributed by atoms with E-state index in [1.807, 2.05) is 196 Å². The Bertz CT molecular complexity index is 5130. The summed E-state index contributed by atoms with van der Waals surface area (Å²) >= 11 is 0. The highest BCUT2D eigenvalue weighted by Crippen LogP contribution is 2.41. The minimum Gasteiger partial charge on any atom is -0.508 e. The second-order valence-electron chi connectivity index (χ2n) is 32.3. The number of carbonyl (C=O) groups excluding carboxylic acids is 2. The number of amides is 2. The van der Waals surface area contributed by atoms with E-state index < -0.39 is 5.97 Å². The van der Waals surface area contributed by atoms with Gasteiger partial charge in [0.2, 0.25) is 0 Å². The van der Waals surface area contributed by atoms with Crippen LogP contribution < -0.4 is 38.5 Å².